The number of nitrogens with one attached hydrogen (secondary N) is 1. The topological polar surface area (TPSA) is 46.2 Å². The van der Waals surface area contributed by atoms with Gasteiger partial charge in [-0.15, -0.1) is 0 Å². The summed E-state index contributed by atoms with van der Waals surface area (Å²) in [5, 5.41) is 3.20. The zero-order valence-corrected chi connectivity index (χ0v) is 13.6. The maximum absolute atomic E-state index is 12.6. The van der Waals surface area contributed by atoms with Crippen molar-refractivity contribution in [3.05, 3.63) is 35.4 Å². The third-order valence-electron chi connectivity index (χ3n) is 6.19. The molecule has 1 amide bonds. The normalized spacial score (nSPS) is 32.4. The fourth-order valence-electron chi connectivity index (χ4n) is 4.92. The largest absolute Gasteiger partial charge is 0.355 e. The molecule has 23 heavy (non-hydrogen) atoms. The number of benzene rings is 1. The summed E-state index contributed by atoms with van der Waals surface area (Å²) in [4.78, 5) is 24.5. The number of carbonyl (C=O) groups excluding carboxylic acids is 2. The molecule has 2 saturated carbocycles. The highest BCUT2D eigenvalue weighted by molar-refractivity contribution is 5.89. The predicted molar refractivity (Wildman–Crippen MR) is 89.1 cm³/mol. The Labute approximate surface area is 137 Å². The third-order valence-corrected chi connectivity index (χ3v) is 6.19. The first kappa shape index (κ1) is 14.9. The molecular weight excluding hydrogens is 286 g/mol. The molecule has 0 aliphatic heterocycles. The van der Waals surface area contributed by atoms with E-state index in [2.05, 4.69) is 29.6 Å². The van der Waals surface area contributed by atoms with Gasteiger partial charge in [-0.2, -0.15) is 0 Å². The van der Waals surface area contributed by atoms with E-state index < -0.39 is 0 Å². The lowest BCUT2D eigenvalue weighted by molar-refractivity contribution is -0.132. The van der Waals surface area contributed by atoms with Gasteiger partial charge < -0.3 is 5.32 Å². The van der Waals surface area contributed by atoms with Crippen LogP contribution in [-0.4, -0.2) is 18.2 Å². The Balaban J connectivity index is 1.37. The summed E-state index contributed by atoms with van der Waals surface area (Å²) in [5.74, 6) is 1.45. The molecule has 1 N–H and O–H groups in total. The highest BCUT2D eigenvalue weighted by Gasteiger charge is 2.43. The Bertz CT molecular complexity index is 608. The first-order chi connectivity index (χ1) is 11.2. The zero-order valence-electron chi connectivity index (χ0n) is 13.6. The number of ketones is 1. The first-order valence-corrected chi connectivity index (χ1v) is 9.11. The first-order valence-electron chi connectivity index (χ1n) is 9.11. The second kappa shape index (κ2) is 6.10. The number of aryl methyl sites for hydroxylation is 1. The summed E-state index contributed by atoms with van der Waals surface area (Å²) in [5.41, 5.74) is 2.86. The Morgan fingerprint density at radius 2 is 1.83 bits per heavy atom. The second-order valence-corrected chi connectivity index (χ2v) is 7.58. The SMILES string of the molecule is O=C(NCC1CCCc2ccccc21)C1CC2CCC(C1)C2=O. The molecule has 0 spiro atoms. The van der Waals surface area contributed by atoms with Gasteiger partial charge in [0.1, 0.15) is 5.78 Å². The van der Waals surface area contributed by atoms with Gasteiger partial charge >= 0.3 is 0 Å². The minimum atomic E-state index is 0.0593. The van der Waals surface area contributed by atoms with Gasteiger partial charge in [0.2, 0.25) is 5.91 Å². The van der Waals surface area contributed by atoms with Gasteiger partial charge in [-0.25, -0.2) is 0 Å². The fourth-order valence-corrected chi connectivity index (χ4v) is 4.92. The molecule has 0 radical (unpaired) electrons. The van der Waals surface area contributed by atoms with Crippen LogP contribution in [0.4, 0.5) is 0 Å². The van der Waals surface area contributed by atoms with E-state index in [0.717, 1.165) is 45.1 Å². The van der Waals surface area contributed by atoms with E-state index in [4.69, 9.17) is 0 Å². The lowest BCUT2D eigenvalue weighted by Gasteiger charge is -2.28. The van der Waals surface area contributed by atoms with Crippen molar-refractivity contribution < 1.29 is 9.59 Å². The van der Waals surface area contributed by atoms with Crippen LogP contribution in [0.15, 0.2) is 24.3 Å². The standard InChI is InChI=1S/C20H25NO2/c22-19-14-8-9-15(19)11-17(10-14)20(23)21-12-16-6-3-5-13-4-1-2-7-18(13)16/h1-2,4,7,14-17H,3,5-6,8-12H2,(H,21,23). The van der Waals surface area contributed by atoms with Crippen LogP contribution in [0.2, 0.25) is 0 Å². The lowest BCUT2D eigenvalue weighted by atomic mass is 9.79. The molecule has 3 unspecified atom stereocenters. The molecular formula is C20H25NO2. The van der Waals surface area contributed by atoms with Crippen LogP contribution in [0, 0.1) is 17.8 Å². The van der Waals surface area contributed by atoms with Crippen LogP contribution < -0.4 is 5.32 Å². The van der Waals surface area contributed by atoms with Crippen molar-refractivity contribution in [3.63, 3.8) is 0 Å². The average Bonchev–Trinajstić information content (AvgIpc) is 2.80. The number of hydrogen-bond acceptors (Lipinski definition) is 2. The van der Waals surface area contributed by atoms with Crippen LogP contribution in [0.3, 0.4) is 0 Å². The van der Waals surface area contributed by atoms with E-state index in [1.54, 1.807) is 0 Å². The molecule has 3 aliphatic rings. The van der Waals surface area contributed by atoms with E-state index >= 15 is 0 Å². The molecule has 3 heteroatoms. The fraction of sp³-hybridized carbons (Fsp3) is 0.600. The van der Waals surface area contributed by atoms with Crippen LogP contribution in [0.1, 0.15) is 55.6 Å². The summed E-state index contributed by atoms with van der Waals surface area (Å²) >= 11 is 0. The molecule has 3 nitrogen and oxygen atoms in total. The monoisotopic (exact) mass is 311 g/mol. The summed E-state index contributed by atoms with van der Waals surface area (Å²) < 4.78 is 0. The van der Waals surface area contributed by atoms with Gasteiger partial charge in [-0.1, -0.05) is 24.3 Å². The van der Waals surface area contributed by atoms with Crippen molar-refractivity contribution in [2.75, 3.05) is 6.54 Å². The molecule has 2 fully saturated rings. The van der Waals surface area contributed by atoms with Gasteiger partial charge in [-0.3, -0.25) is 9.59 Å². The molecule has 1 aromatic rings. The molecule has 0 aromatic heterocycles. The maximum Gasteiger partial charge on any atom is 0.223 e. The quantitative estimate of drug-likeness (QED) is 0.931. The molecule has 3 aliphatic carbocycles. The Hall–Kier alpha value is -1.64. The van der Waals surface area contributed by atoms with Crippen LogP contribution >= 0.6 is 0 Å². The van der Waals surface area contributed by atoms with Crippen molar-refractivity contribution in [2.24, 2.45) is 17.8 Å². The Morgan fingerprint density at radius 1 is 1.09 bits per heavy atom. The Morgan fingerprint density at radius 3 is 2.61 bits per heavy atom. The molecule has 0 heterocycles. The highest BCUT2D eigenvalue weighted by Crippen LogP contribution is 2.42. The number of rotatable bonds is 3. The molecule has 4 rings (SSSR count). The van der Waals surface area contributed by atoms with Gasteiger partial charge in [0.25, 0.3) is 0 Å². The van der Waals surface area contributed by atoms with Crippen molar-refractivity contribution in [1.29, 1.82) is 0 Å². The third kappa shape index (κ3) is 2.82. The maximum atomic E-state index is 12.6. The van der Waals surface area contributed by atoms with Crippen LogP contribution in [0.5, 0.6) is 0 Å². The minimum Gasteiger partial charge on any atom is -0.355 e. The zero-order chi connectivity index (χ0) is 15.8. The van der Waals surface area contributed by atoms with Crippen molar-refractivity contribution in [1.82, 2.24) is 5.32 Å². The van der Waals surface area contributed by atoms with Gasteiger partial charge in [0.05, 0.1) is 0 Å². The summed E-state index contributed by atoms with van der Waals surface area (Å²) in [7, 11) is 0. The van der Waals surface area contributed by atoms with Crippen molar-refractivity contribution >= 4 is 11.7 Å². The second-order valence-electron chi connectivity index (χ2n) is 7.58. The van der Waals surface area contributed by atoms with Crippen LogP contribution in [0.25, 0.3) is 0 Å². The molecule has 0 saturated heterocycles. The summed E-state index contributed by atoms with van der Waals surface area (Å²) in [6.07, 6.45) is 7.09. The number of Topliss-reactive ketones (excluding diaryl/α,β-unsaturated/α-hetero) is 1. The Kier molecular flexibility index (Phi) is 3.96. The smallest absolute Gasteiger partial charge is 0.223 e. The number of amides is 1. The summed E-state index contributed by atoms with van der Waals surface area (Å²) in [6.45, 7) is 0.746. The molecule has 3 atom stereocenters. The van der Waals surface area contributed by atoms with E-state index in [1.807, 2.05) is 0 Å². The lowest BCUT2D eigenvalue weighted by Crippen LogP contribution is -2.39. The van der Waals surface area contributed by atoms with Gasteiger partial charge in [0, 0.05) is 30.2 Å². The van der Waals surface area contributed by atoms with Gasteiger partial charge in [0.15, 0.2) is 0 Å². The number of fused-ring (bicyclic) bond motifs is 3. The molecule has 2 bridgehead atoms. The summed E-state index contributed by atoms with van der Waals surface area (Å²) in [6, 6.07) is 8.64. The van der Waals surface area contributed by atoms with E-state index in [0.29, 0.717) is 11.7 Å². The molecule has 1 aromatic carbocycles. The van der Waals surface area contributed by atoms with Crippen LogP contribution in [-0.2, 0) is 16.0 Å². The van der Waals surface area contributed by atoms with E-state index in [1.165, 1.54) is 17.5 Å². The van der Waals surface area contributed by atoms with Gasteiger partial charge in [-0.05, 0) is 56.1 Å². The number of carbonyl (C=O) groups is 2. The van der Waals surface area contributed by atoms with E-state index in [9.17, 15) is 9.59 Å². The average molecular weight is 311 g/mol. The number of hydrogen-bond donors (Lipinski definition) is 1. The minimum absolute atomic E-state index is 0.0593. The van der Waals surface area contributed by atoms with E-state index in [-0.39, 0.29) is 23.7 Å². The predicted octanol–water partition coefficient (Wildman–Crippen LogP) is 3.23. The molecule has 122 valence electrons. The van der Waals surface area contributed by atoms with Crippen molar-refractivity contribution in [3.8, 4) is 0 Å². The highest BCUT2D eigenvalue weighted by atomic mass is 16.2. The van der Waals surface area contributed by atoms with Crippen molar-refractivity contribution in [2.45, 2.75) is 50.9 Å².